The highest BCUT2D eigenvalue weighted by atomic mass is 35.5. The number of fused-ring (bicyclic) bond motifs is 3. The minimum absolute atomic E-state index is 0.103. The highest BCUT2D eigenvalue weighted by molar-refractivity contribution is 6.34. The van der Waals surface area contributed by atoms with E-state index in [0.29, 0.717) is 15.6 Å². The van der Waals surface area contributed by atoms with Crippen molar-refractivity contribution < 1.29 is 19.4 Å². The Balaban J connectivity index is 1.58. The lowest BCUT2D eigenvalue weighted by Gasteiger charge is -2.28. The van der Waals surface area contributed by atoms with Crippen LogP contribution >= 0.6 is 23.2 Å². The van der Waals surface area contributed by atoms with Crippen LogP contribution in [0.3, 0.4) is 0 Å². The van der Waals surface area contributed by atoms with E-state index in [-0.39, 0.29) is 19.1 Å². The fraction of sp³-hybridized carbons (Fsp3) is 0.200. The maximum Gasteiger partial charge on any atom is 0.410 e. The normalized spacial score (nSPS) is 13.2. The molecule has 1 atom stereocenters. The first-order chi connectivity index (χ1) is 15.4. The standard InChI is InChI=1S/C25H21Cl2NO4/c1-2-28(23(24(29)30)15-11-16(26)13-17(27)12-15)25(31)32-14-22-20-9-5-3-7-18(20)19-8-4-6-10-21(19)22/h3-13,22-23H,2,14H2,1H3,(H,29,30). The van der Waals surface area contributed by atoms with Crippen molar-refractivity contribution in [1.29, 1.82) is 0 Å². The Morgan fingerprint density at radius 3 is 2.00 bits per heavy atom. The number of halogens is 2. The van der Waals surface area contributed by atoms with Crippen molar-refractivity contribution in [3.05, 3.63) is 93.5 Å². The maximum absolute atomic E-state index is 13.0. The molecule has 0 aliphatic heterocycles. The molecule has 0 aromatic heterocycles. The molecular formula is C25H21Cl2NO4. The molecule has 7 heteroatoms. The summed E-state index contributed by atoms with van der Waals surface area (Å²) in [4.78, 5) is 26.3. The van der Waals surface area contributed by atoms with E-state index in [1.807, 2.05) is 36.4 Å². The molecule has 1 aliphatic rings. The highest BCUT2D eigenvalue weighted by Gasteiger charge is 2.34. The number of hydrogen-bond acceptors (Lipinski definition) is 3. The van der Waals surface area contributed by atoms with Gasteiger partial charge in [-0.3, -0.25) is 4.90 Å². The predicted molar refractivity (Wildman–Crippen MR) is 124 cm³/mol. The average molecular weight is 470 g/mol. The summed E-state index contributed by atoms with van der Waals surface area (Å²) in [6.07, 6.45) is -0.710. The van der Waals surface area contributed by atoms with Gasteiger partial charge in [-0.15, -0.1) is 0 Å². The van der Waals surface area contributed by atoms with Crippen LogP contribution < -0.4 is 0 Å². The topological polar surface area (TPSA) is 66.8 Å². The highest BCUT2D eigenvalue weighted by Crippen LogP contribution is 2.44. The number of carboxylic acid groups (broad SMARTS) is 1. The van der Waals surface area contributed by atoms with Gasteiger partial charge in [-0.25, -0.2) is 9.59 Å². The van der Waals surface area contributed by atoms with E-state index in [2.05, 4.69) is 12.1 Å². The van der Waals surface area contributed by atoms with Gasteiger partial charge < -0.3 is 9.84 Å². The minimum atomic E-state index is -1.27. The molecule has 164 valence electrons. The lowest BCUT2D eigenvalue weighted by atomic mass is 9.98. The Hall–Kier alpha value is -3.02. The average Bonchev–Trinajstić information content (AvgIpc) is 3.08. The van der Waals surface area contributed by atoms with Crippen molar-refractivity contribution in [2.24, 2.45) is 0 Å². The summed E-state index contributed by atoms with van der Waals surface area (Å²) in [6.45, 7) is 1.94. The Morgan fingerprint density at radius 2 is 1.50 bits per heavy atom. The zero-order chi connectivity index (χ0) is 22.8. The summed E-state index contributed by atoms with van der Waals surface area (Å²) in [5.74, 6) is -1.31. The first-order valence-electron chi connectivity index (χ1n) is 10.2. The zero-order valence-electron chi connectivity index (χ0n) is 17.3. The molecule has 1 N–H and O–H groups in total. The summed E-state index contributed by atoms with van der Waals surface area (Å²) in [5.41, 5.74) is 4.72. The van der Waals surface area contributed by atoms with Gasteiger partial charge in [0.25, 0.3) is 0 Å². The van der Waals surface area contributed by atoms with Crippen molar-refractivity contribution >= 4 is 35.3 Å². The van der Waals surface area contributed by atoms with E-state index < -0.39 is 18.1 Å². The van der Waals surface area contributed by atoms with Crippen molar-refractivity contribution in [2.45, 2.75) is 18.9 Å². The largest absolute Gasteiger partial charge is 0.479 e. The molecule has 4 rings (SSSR count). The van der Waals surface area contributed by atoms with E-state index in [4.69, 9.17) is 27.9 Å². The van der Waals surface area contributed by atoms with Crippen LogP contribution in [-0.2, 0) is 9.53 Å². The minimum Gasteiger partial charge on any atom is -0.479 e. The van der Waals surface area contributed by atoms with Crippen LogP contribution in [-0.4, -0.2) is 35.2 Å². The molecule has 3 aromatic carbocycles. The number of ether oxygens (including phenoxy) is 1. The molecule has 0 fully saturated rings. The van der Waals surface area contributed by atoms with Crippen LogP contribution in [0, 0.1) is 0 Å². The summed E-state index contributed by atoms with van der Waals surface area (Å²) in [6, 6.07) is 19.3. The van der Waals surface area contributed by atoms with E-state index >= 15 is 0 Å². The third-order valence-corrected chi connectivity index (χ3v) is 6.09. The van der Waals surface area contributed by atoms with Gasteiger partial charge in [-0.2, -0.15) is 0 Å². The Morgan fingerprint density at radius 1 is 0.969 bits per heavy atom. The van der Waals surface area contributed by atoms with Crippen LogP contribution in [0.2, 0.25) is 10.0 Å². The van der Waals surface area contributed by atoms with E-state index in [1.165, 1.54) is 18.2 Å². The van der Waals surface area contributed by atoms with Crippen LogP contribution in [0.5, 0.6) is 0 Å². The fourth-order valence-electron chi connectivity index (χ4n) is 4.28. The predicted octanol–water partition coefficient (Wildman–Crippen LogP) is 6.39. The molecule has 1 aliphatic carbocycles. The molecule has 0 bridgehead atoms. The number of benzene rings is 3. The first kappa shape index (κ1) is 22.2. The molecule has 1 unspecified atom stereocenters. The number of rotatable bonds is 6. The number of amides is 1. The first-order valence-corrected chi connectivity index (χ1v) is 11.0. The lowest BCUT2D eigenvalue weighted by Crippen LogP contribution is -2.39. The van der Waals surface area contributed by atoms with Crippen molar-refractivity contribution in [3.63, 3.8) is 0 Å². The number of carbonyl (C=O) groups is 2. The van der Waals surface area contributed by atoms with Gasteiger partial charge in [0.05, 0.1) is 0 Å². The molecule has 1 amide bonds. The van der Waals surface area contributed by atoms with Gasteiger partial charge >= 0.3 is 12.1 Å². The second kappa shape index (κ2) is 9.23. The summed E-state index contributed by atoms with van der Waals surface area (Å²) in [7, 11) is 0. The summed E-state index contributed by atoms with van der Waals surface area (Å²) >= 11 is 12.1. The Kier molecular flexibility index (Phi) is 6.40. The molecular weight excluding hydrogens is 449 g/mol. The number of nitrogens with zero attached hydrogens (tertiary/aromatic N) is 1. The second-order valence-electron chi connectivity index (χ2n) is 7.53. The molecule has 5 nitrogen and oxygen atoms in total. The third kappa shape index (κ3) is 4.18. The van der Waals surface area contributed by atoms with Gasteiger partial charge in [0, 0.05) is 22.5 Å². The molecule has 0 radical (unpaired) electrons. The van der Waals surface area contributed by atoms with Gasteiger partial charge in [0.2, 0.25) is 0 Å². The maximum atomic E-state index is 13.0. The quantitative estimate of drug-likeness (QED) is 0.453. The molecule has 3 aromatic rings. The van der Waals surface area contributed by atoms with Crippen molar-refractivity contribution in [1.82, 2.24) is 4.90 Å². The smallest absolute Gasteiger partial charge is 0.410 e. The van der Waals surface area contributed by atoms with E-state index in [1.54, 1.807) is 6.92 Å². The molecule has 0 saturated carbocycles. The van der Waals surface area contributed by atoms with Gasteiger partial charge in [0.1, 0.15) is 6.61 Å². The Bertz CT molecular complexity index is 1110. The second-order valence-corrected chi connectivity index (χ2v) is 8.41. The fourth-order valence-corrected chi connectivity index (χ4v) is 4.83. The number of hydrogen-bond donors (Lipinski definition) is 1. The number of aliphatic carboxylic acids is 1. The number of likely N-dealkylation sites (N-methyl/N-ethyl adjacent to an activating group) is 1. The SMILES string of the molecule is CCN(C(=O)OCC1c2ccccc2-c2ccccc21)C(C(=O)O)c1cc(Cl)cc(Cl)c1. The number of carboxylic acids is 1. The molecule has 0 spiro atoms. The summed E-state index contributed by atoms with van der Waals surface area (Å²) < 4.78 is 5.66. The van der Waals surface area contributed by atoms with Crippen LogP contribution in [0.25, 0.3) is 11.1 Å². The van der Waals surface area contributed by atoms with Crippen LogP contribution in [0.4, 0.5) is 4.79 Å². The van der Waals surface area contributed by atoms with E-state index in [0.717, 1.165) is 27.2 Å². The molecule has 0 saturated heterocycles. The molecule has 0 heterocycles. The van der Waals surface area contributed by atoms with Gasteiger partial charge in [0.15, 0.2) is 6.04 Å². The lowest BCUT2D eigenvalue weighted by molar-refractivity contribution is -0.143. The Labute approximate surface area is 196 Å². The van der Waals surface area contributed by atoms with Crippen LogP contribution in [0.1, 0.15) is 35.6 Å². The molecule has 32 heavy (non-hydrogen) atoms. The van der Waals surface area contributed by atoms with Gasteiger partial charge in [-0.1, -0.05) is 71.7 Å². The van der Waals surface area contributed by atoms with E-state index in [9.17, 15) is 14.7 Å². The third-order valence-electron chi connectivity index (χ3n) is 5.66. The number of carbonyl (C=O) groups excluding carboxylic acids is 1. The monoisotopic (exact) mass is 469 g/mol. The van der Waals surface area contributed by atoms with Crippen LogP contribution in [0.15, 0.2) is 66.7 Å². The van der Waals surface area contributed by atoms with Crippen molar-refractivity contribution in [3.8, 4) is 11.1 Å². The zero-order valence-corrected chi connectivity index (χ0v) is 18.8. The van der Waals surface area contributed by atoms with Gasteiger partial charge in [-0.05, 0) is 52.9 Å². The summed E-state index contributed by atoms with van der Waals surface area (Å²) in [5, 5.41) is 10.5. The van der Waals surface area contributed by atoms with Crippen molar-refractivity contribution in [2.75, 3.05) is 13.2 Å².